The molecule has 96 valence electrons. The van der Waals surface area contributed by atoms with E-state index < -0.39 is 0 Å². The molecule has 0 aliphatic rings. The SMILES string of the molecule is Cc1cccc(CC(CO)Cc2ncnn2C)c1. The van der Waals surface area contributed by atoms with Crippen molar-refractivity contribution < 1.29 is 5.11 Å². The molecule has 1 N–H and O–H groups in total. The highest BCUT2D eigenvalue weighted by atomic mass is 16.3. The molecular weight excluding hydrogens is 226 g/mol. The van der Waals surface area contributed by atoms with Gasteiger partial charge in [0.15, 0.2) is 0 Å². The molecule has 0 amide bonds. The third kappa shape index (κ3) is 3.17. The molecule has 1 aromatic carbocycles. The smallest absolute Gasteiger partial charge is 0.138 e. The molecule has 0 aliphatic carbocycles. The van der Waals surface area contributed by atoms with Crippen LogP contribution in [0.1, 0.15) is 17.0 Å². The average Bonchev–Trinajstić information content (AvgIpc) is 2.74. The number of aromatic nitrogens is 3. The highest BCUT2D eigenvalue weighted by Crippen LogP contribution is 2.14. The second-order valence-corrected chi connectivity index (χ2v) is 4.75. The van der Waals surface area contributed by atoms with Crippen molar-refractivity contribution in [2.24, 2.45) is 13.0 Å². The molecule has 1 aromatic heterocycles. The number of hydrogen-bond acceptors (Lipinski definition) is 3. The lowest BCUT2D eigenvalue weighted by Crippen LogP contribution is -2.16. The van der Waals surface area contributed by atoms with E-state index in [2.05, 4.69) is 41.3 Å². The van der Waals surface area contributed by atoms with Gasteiger partial charge in [-0.25, -0.2) is 4.98 Å². The fourth-order valence-electron chi connectivity index (χ4n) is 2.14. The number of aliphatic hydroxyl groups excluding tert-OH is 1. The standard InChI is InChI=1S/C14H19N3O/c1-11-4-3-5-12(6-11)7-13(9-18)8-14-15-10-16-17(14)2/h3-6,10,13,18H,7-9H2,1-2H3. The van der Waals surface area contributed by atoms with E-state index in [1.807, 2.05) is 7.05 Å². The van der Waals surface area contributed by atoms with Crippen LogP contribution in [-0.2, 0) is 19.9 Å². The Morgan fingerprint density at radius 1 is 1.33 bits per heavy atom. The molecular formula is C14H19N3O. The van der Waals surface area contributed by atoms with E-state index in [0.29, 0.717) is 0 Å². The molecule has 0 saturated heterocycles. The Morgan fingerprint density at radius 3 is 2.78 bits per heavy atom. The summed E-state index contributed by atoms with van der Waals surface area (Å²) >= 11 is 0. The number of aliphatic hydroxyl groups is 1. The lowest BCUT2D eigenvalue weighted by atomic mass is 9.96. The third-order valence-corrected chi connectivity index (χ3v) is 3.14. The summed E-state index contributed by atoms with van der Waals surface area (Å²) in [5, 5.41) is 13.5. The average molecular weight is 245 g/mol. The van der Waals surface area contributed by atoms with Gasteiger partial charge in [-0.15, -0.1) is 0 Å². The molecule has 4 nitrogen and oxygen atoms in total. The molecule has 1 heterocycles. The van der Waals surface area contributed by atoms with E-state index >= 15 is 0 Å². The summed E-state index contributed by atoms with van der Waals surface area (Å²) < 4.78 is 1.76. The van der Waals surface area contributed by atoms with Crippen molar-refractivity contribution in [3.63, 3.8) is 0 Å². The Kier molecular flexibility index (Phi) is 4.10. The van der Waals surface area contributed by atoms with E-state index in [-0.39, 0.29) is 12.5 Å². The van der Waals surface area contributed by atoms with Crippen molar-refractivity contribution in [2.75, 3.05) is 6.61 Å². The molecule has 2 aromatic rings. The fraction of sp³-hybridized carbons (Fsp3) is 0.429. The first-order chi connectivity index (χ1) is 8.69. The summed E-state index contributed by atoms with van der Waals surface area (Å²) in [7, 11) is 1.88. The van der Waals surface area contributed by atoms with Gasteiger partial charge in [-0.1, -0.05) is 29.8 Å². The zero-order chi connectivity index (χ0) is 13.0. The molecule has 0 radical (unpaired) electrons. The highest BCUT2D eigenvalue weighted by molar-refractivity contribution is 5.22. The van der Waals surface area contributed by atoms with Gasteiger partial charge < -0.3 is 5.11 Å². The molecule has 0 aliphatic heterocycles. The van der Waals surface area contributed by atoms with E-state index in [4.69, 9.17) is 0 Å². The minimum Gasteiger partial charge on any atom is -0.396 e. The van der Waals surface area contributed by atoms with Crippen LogP contribution < -0.4 is 0 Å². The maximum atomic E-state index is 9.49. The number of hydrogen-bond donors (Lipinski definition) is 1. The topological polar surface area (TPSA) is 50.9 Å². The van der Waals surface area contributed by atoms with Crippen LogP contribution in [0.2, 0.25) is 0 Å². The summed E-state index contributed by atoms with van der Waals surface area (Å²) in [4.78, 5) is 4.20. The summed E-state index contributed by atoms with van der Waals surface area (Å²) in [6.07, 6.45) is 3.17. The third-order valence-electron chi connectivity index (χ3n) is 3.14. The second-order valence-electron chi connectivity index (χ2n) is 4.75. The quantitative estimate of drug-likeness (QED) is 0.869. The van der Waals surface area contributed by atoms with Crippen LogP contribution in [0.15, 0.2) is 30.6 Å². The Balaban J connectivity index is 2.04. The van der Waals surface area contributed by atoms with Gasteiger partial charge in [0.1, 0.15) is 12.2 Å². The Labute approximate surface area is 107 Å². The van der Waals surface area contributed by atoms with Crippen LogP contribution in [0.3, 0.4) is 0 Å². The molecule has 4 heteroatoms. The van der Waals surface area contributed by atoms with Crippen LogP contribution >= 0.6 is 0 Å². The predicted molar refractivity (Wildman–Crippen MR) is 70.2 cm³/mol. The first-order valence-corrected chi connectivity index (χ1v) is 6.18. The van der Waals surface area contributed by atoms with Gasteiger partial charge in [-0.05, 0) is 24.8 Å². The van der Waals surface area contributed by atoms with Crippen LogP contribution in [0, 0.1) is 12.8 Å². The van der Waals surface area contributed by atoms with Gasteiger partial charge in [0, 0.05) is 20.1 Å². The zero-order valence-electron chi connectivity index (χ0n) is 10.9. The van der Waals surface area contributed by atoms with E-state index in [9.17, 15) is 5.11 Å². The van der Waals surface area contributed by atoms with Crippen molar-refractivity contribution in [2.45, 2.75) is 19.8 Å². The van der Waals surface area contributed by atoms with E-state index in [1.54, 1.807) is 11.0 Å². The van der Waals surface area contributed by atoms with Crippen molar-refractivity contribution >= 4 is 0 Å². The maximum Gasteiger partial charge on any atom is 0.138 e. The van der Waals surface area contributed by atoms with E-state index in [1.165, 1.54) is 11.1 Å². The van der Waals surface area contributed by atoms with Crippen molar-refractivity contribution in [1.82, 2.24) is 14.8 Å². The van der Waals surface area contributed by atoms with Crippen molar-refractivity contribution in [3.05, 3.63) is 47.5 Å². The van der Waals surface area contributed by atoms with Gasteiger partial charge in [-0.3, -0.25) is 4.68 Å². The van der Waals surface area contributed by atoms with Gasteiger partial charge in [0.05, 0.1) is 0 Å². The van der Waals surface area contributed by atoms with Crippen LogP contribution in [-0.4, -0.2) is 26.5 Å². The first-order valence-electron chi connectivity index (χ1n) is 6.18. The minimum atomic E-state index is 0.167. The van der Waals surface area contributed by atoms with Crippen LogP contribution in [0.4, 0.5) is 0 Å². The van der Waals surface area contributed by atoms with Crippen LogP contribution in [0.5, 0.6) is 0 Å². The molecule has 0 fully saturated rings. The molecule has 0 saturated carbocycles. The fourth-order valence-corrected chi connectivity index (χ4v) is 2.14. The molecule has 0 spiro atoms. The molecule has 1 unspecified atom stereocenters. The minimum absolute atomic E-state index is 0.167. The summed E-state index contributed by atoms with van der Waals surface area (Å²) in [5.41, 5.74) is 2.51. The van der Waals surface area contributed by atoms with Crippen LogP contribution in [0.25, 0.3) is 0 Å². The highest BCUT2D eigenvalue weighted by Gasteiger charge is 2.13. The van der Waals surface area contributed by atoms with Gasteiger partial charge in [-0.2, -0.15) is 5.10 Å². The molecule has 0 bridgehead atoms. The molecule has 1 atom stereocenters. The number of nitrogens with zero attached hydrogens (tertiary/aromatic N) is 3. The monoisotopic (exact) mass is 245 g/mol. The summed E-state index contributed by atoms with van der Waals surface area (Å²) in [6.45, 7) is 2.25. The maximum absolute atomic E-state index is 9.49. The Morgan fingerprint density at radius 2 is 2.17 bits per heavy atom. The van der Waals surface area contributed by atoms with Gasteiger partial charge in [0.2, 0.25) is 0 Å². The summed E-state index contributed by atoms with van der Waals surface area (Å²) in [6, 6.07) is 8.41. The summed E-state index contributed by atoms with van der Waals surface area (Å²) in [5.74, 6) is 1.11. The number of rotatable bonds is 5. The van der Waals surface area contributed by atoms with E-state index in [0.717, 1.165) is 18.7 Å². The molecule has 18 heavy (non-hydrogen) atoms. The number of aryl methyl sites for hydroxylation is 2. The molecule has 2 rings (SSSR count). The van der Waals surface area contributed by atoms with Gasteiger partial charge >= 0.3 is 0 Å². The second kappa shape index (κ2) is 5.78. The lowest BCUT2D eigenvalue weighted by Gasteiger charge is -2.13. The van der Waals surface area contributed by atoms with Crippen molar-refractivity contribution in [1.29, 1.82) is 0 Å². The Bertz CT molecular complexity index is 507. The largest absolute Gasteiger partial charge is 0.396 e. The first kappa shape index (κ1) is 12.8. The predicted octanol–water partition coefficient (Wildman–Crippen LogP) is 1.52. The van der Waals surface area contributed by atoms with Gasteiger partial charge in [0.25, 0.3) is 0 Å². The number of benzene rings is 1. The Hall–Kier alpha value is -1.68. The zero-order valence-corrected chi connectivity index (χ0v) is 10.9. The lowest BCUT2D eigenvalue weighted by molar-refractivity contribution is 0.222. The normalized spacial score (nSPS) is 12.6. The van der Waals surface area contributed by atoms with Crippen molar-refractivity contribution in [3.8, 4) is 0 Å².